The van der Waals surface area contributed by atoms with E-state index >= 15 is 0 Å². The second-order valence-electron chi connectivity index (χ2n) is 7.88. The number of benzene rings is 1. The Bertz CT molecular complexity index is 996. The maximum Gasteiger partial charge on any atom is 0.252 e. The Balaban J connectivity index is 1.46. The van der Waals surface area contributed by atoms with Gasteiger partial charge >= 0.3 is 0 Å². The first-order chi connectivity index (χ1) is 14.5. The van der Waals surface area contributed by atoms with Crippen molar-refractivity contribution in [3.63, 3.8) is 0 Å². The van der Waals surface area contributed by atoms with Crippen LogP contribution in [0.1, 0.15) is 48.6 Å². The van der Waals surface area contributed by atoms with Gasteiger partial charge in [0.05, 0.1) is 19.6 Å². The highest BCUT2D eigenvalue weighted by Crippen LogP contribution is 2.34. The lowest BCUT2D eigenvalue weighted by Gasteiger charge is -2.25. The molecule has 2 aromatic rings. The van der Waals surface area contributed by atoms with E-state index < -0.39 is 10.0 Å². The van der Waals surface area contributed by atoms with E-state index in [0.29, 0.717) is 17.3 Å². The van der Waals surface area contributed by atoms with E-state index in [1.807, 2.05) is 29.2 Å². The average molecular weight is 449 g/mol. The van der Waals surface area contributed by atoms with Crippen LogP contribution in [0.25, 0.3) is 0 Å². The largest absolute Gasteiger partial charge is 0.497 e. The van der Waals surface area contributed by atoms with Crippen LogP contribution >= 0.6 is 11.3 Å². The number of methoxy groups -OCH3 is 1. The fourth-order valence-electron chi connectivity index (χ4n) is 4.34. The third kappa shape index (κ3) is 4.40. The molecule has 30 heavy (non-hydrogen) atoms. The minimum atomic E-state index is -3.44. The van der Waals surface area contributed by atoms with E-state index in [1.165, 1.54) is 11.3 Å². The van der Waals surface area contributed by atoms with Gasteiger partial charge in [0.25, 0.3) is 10.0 Å². The number of piperidine rings is 1. The highest BCUT2D eigenvalue weighted by Gasteiger charge is 2.31. The number of carbonyl (C=O) groups is 1. The van der Waals surface area contributed by atoms with Crippen LogP contribution in [0.2, 0.25) is 0 Å². The van der Waals surface area contributed by atoms with E-state index in [1.54, 1.807) is 23.5 Å². The lowest BCUT2D eigenvalue weighted by molar-refractivity contribution is -0.131. The summed E-state index contributed by atoms with van der Waals surface area (Å²) < 4.78 is 33.0. The minimum Gasteiger partial charge on any atom is -0.497 e. The van der Waals surface area contributed by atoms with Gasteiger partial charge in [0, 0.05) is 24.5 Å². The van der Waals surface area contributed by atoms with Crippen LogP contribution in [0.5, 0.6) is 5.75 Å². The topological polar surface area (TPSA) is 66.9 Å². The minimum absolute atomic E-state index is 0.0455. The van der Waals surface area contributed by atoms with Crippen molar-refractivity contribution < 1.29 is 17.9 Å². The molecule has 2 aliphatic heterocycles. The molecule has 0 radical (unpaired) electrons. The zero-order valence-corrected chi connectivity index (χ0v) is 18.9. The van der Waals surface area contributed by atoms with Gasteiger partial charge in [-0.2, -0.15) is 4.31 Å². The molecule has 1 amide bonds. The zero-order valence-electron chi connectivity index (χ0n) is 17.2. The van der Waals surface area contributed by atoms with E-state index in [0.717, 1.165) is 54.8 Å². The number of likely N-dealkylation sites (tertiary alicyclic amines) is 1. The molecule has 8 heteroatoms. The third-order valence-electron chi connectivity index (χ3n) is 5.92. The highest BCUT2D eigenvalue weighted by molar-refractivity contribution is 7.91. The van der Waals surface area contributed by atoms with Crippen molar-refractivity contribution >= 4 is 27.3 Å². The maximum absolute atomic E-state index is 13.1. The number of nitrogens with zero attached hydrogens (tertiary/aromatic N) is 2. The van der Waals surface area contributed by atoms with Gasteiger partial charge in [0.1, 0.15) is 9.96 Å². The zero-order chi connectivity index (χ0) is 21.1. The number of amides is 1. The number of hydrogen-bond donors (Lipinski definition) is 0. The predicted molar refractivity (Wildman–Crippen MR) is 117 cm³/mol. The van der Waals surface area contributed by atoms with Gasteiger partial charge in [-0.15, -0.1) is 11.3 Å². The number of sulfonamides is 1. The smallest absolute Gasteiger partial charge is 0.252 e. The Morgan fingerprint density at radius 2 is 1.90 bits per heavy atom. The van der Waals surface area contributed by atoms with Crippen LogP contribution in [-0.2, 0) is 21.2 Å². The van der Waals surface area contributed by atoms with Gasteiger partial charge in [0.2, 0.25) is 5.91 Å². The van der Waals surface area contributed by atoms with Crippen molar-refractivity contribution in [2.45, 2.75) is 48.8 Å². The summed E-state index contributed by atoms with van der Waals surface area (Å²) in [6.07, 6.45) is 5.04. The Hall–Kier alpha value is -1.90. The molecular weight excluding hydrogens is 420 g/mol. The summed E-state index contributed by atoms with van der Waals surface area (Å²) in [5.74, 6) is 0.835. The van der Waals surface area contributed by atoms with Crippen LogP contribution in [0.4, 0.5) is 0 Å². The lowest BCUT2D eigenvalue weighted by Crippen LogP contribution is -2.35. The van der Waals surface area contributed by atoms with Gasteiger partial charge in [-0.3, -0.25) is 4.79 Å². The molecule has 0 bridgehead atoms. The molecule has 0 saturated carbocycles. The van der Waals surface area contributed by atoms with Crippen molar-refractivity contribution in [1.82, 2.24) is 9.21 Å². The summed E-state index contributed by atoms with van der Waals surface area (Å²) in [4.78, 5) is 15.8. The van der Waals surface area contributed by atoms with Crippen molar-refractivity contribution in [3.8, 4) is 5.75 Å². The van der Waals surface area contributed by atoms with Crippen LogP contribution < -0.4 is 4.74 Å². The second-order valence-corrected chi connectivity index (χ2v) is 11.2. The first kappa shape index (κ1) is 21.3. The summed E-state index contributed by atoms with van der Waals surface area (Å²) in [6.45, 7) is 1.90. The van der Waals surface area contributed by atoms with Crippen LogP contribution in [0, 0.1) is 0 Å². The second kappa shape index (κ2) is 9.08. The summed E-state index contributed by atoms with van der Waals surface area (Å²) >= 11 is 1.23. The van der Waals surface area contributed by atoms with E-state index in [9.17, 15) is 13.2 Å². The summed E-state index contributed by atoms with van der Waals surface area (Å²) in [5, 5.41) is 0. The van der Waals surface area contributed by atoms with Gasteiger partial charge in [-0.05, 0) is 55.5 Å². The number of ether oxygens (including phenoxy) is 1. The molecule has 2 saturated heterocycles. The van der Waals surface area contributed by atoms with Crippen molar-refractivity contribution in [3.05, 3.63) is 46.8 Å². The Labute approximate surface area is 182 Å². The van der Waals surface area contributed by atoms with E-state index in [4.69, 9.17) is 4.74 Å². The molecule has 0 spiro atoms. The predicted octanol–water partition coefficient (Wildman–Crippen LogP) is 3.84. The average Bonchev–Trinajstić information content (AvgIpc) is 3.44. The van der Waals surface area contributed by atoms with E-state index in [2.05, 4.69) is 0 Å². The third-order valence-corrected chi connectivity index (χ3v) is 9.37. The molecule has 1 unspecified atom stereocenters. The molecule has 162 valence electrons. The Morgan fingerprint density at radius 3 is 2.67 bits per heavy atom. The first-order valence-electron chi connectivity index (χ1n) is 10.5. The van der Waals surface area contributed by atoms with Crippen molar-refractivity contribution in [1.29, 1.82) is 0 Å². The molecule has 1 atom stereocenters. The molecule has 1 aromatic carbocycles. The summed E-state index contributed by atoms with van der Waals surface area (Å²) in [6, 6.07) is 11.4. The first-order valence-corrected chi connectivity index (χ1v) is 12.8. The molecule has 2 fully saturated rings. The fraction of sp³-hybridized carbons (Fsp3) is 0.500. The molecule has 2 aliphatic rings. The highest BCUT2D eigenvalue weighted by atomic mass is 32.2. The molecule has 3 heterocycles. The number of carbonyl (C=O) groups excluding carboxylic acids is 1. The molecule has 0 aliphatic carbocycles. The molecule has 1 aromatic heterocycles. The summed E-state index contributed by atoms with van der Waals surface area (Å²) in [5.41, 5.74) is 1.08. The van der Waals surface area contributed by atoms with Crippen molar-refractivity contribution in [2.24, 2.45) is 0 Å². The van der Waals surface area contributed by atoms with Gasteiger partial charge in [0.15, 0.2) is 0 Å². The Kier molecular flexibility index (Phi) is 6.46. The Morgan fingerprint density at radius 1 is 1.10 bits per heavy atom. The molecular formula is C22H28N2O4S2. The molecule has 6 nitrogen and oxygen atoms in total. The fourth-order valence-corrected chi connectivity index (χ4v) is 7.35. The van der Waals surface area contributed by atoms with E-state index in [-0.39, 0.29) is 18.4 Å². The van der Waals surface area contributed by atoms with Crippen LogP contribution in [0.15, 0.2) is 40.6 Å². The monoisotopic (exact) mass is 448 g/mol. The lowest BCUT2D eigenvalue weighted by atomic mass is 10.0. The maximum atomic E-state index is 13.1. The van der Waals surface area contributed by atoms with Gasteiger partial charge in [-0.25, -0.2) is 8.42 Å². The molecule has 4 rings (SSSR count). The quantitative estimate of drug-likeness (QED) is 0.673. The number of hydrogen-bond acceptors (Lipinski definition) is 5. The van der Waals surface area contributed by atoms with Crippen molar-refractivity contribution in [2.75, 3.05) is 26.7 Å². The standard InChI is InChI=1S/C22H28N2O4S2/c1-28-18-8-5-7-17(15-18)20-9-6-14-24(20)21(25)16-19-10-11-22(29-19)30(26,27)23-12-3-2-4-13-23/h5,7-8,10-11,15,20H,2-4,6,9,12-14,16H2,1H3. The number of thiophene rings is 1. The number of rotatable bonds is 6. The van der Waals surface area contributed by atoms with Gasteiger partial charge in [-0.1, -0.05) is 18.6 Å². The SMILES string of the molecule is COc1cccc(C2CCCN2C(=O)Cc2ccc(S(=O)(=O)N3CCCCC3)s2)c1. The normalized spacial score (nSPS) is 20.4. The van der Waals surface area contributed by atoms with Crippen LogP contribution in [-0.4, -0.2) is 50.3 Å². The molecule has 0 N–H and O–H groups in total. The van der Waals surface area contributed by atoms with Crippen LogP contribution in [0.3, 0.4) is 0 Å². The van der Waals surface area contributed by atoms with Gasteiger partial charge < -0.3 is 9.64 Å². The summed E-state index contributed by atoms with van der Waals surface area (Å²) in [7, 11) is -1.80.